The van der Waals surface area contributed by atoms with Crippen molar-refractivity contribution in [2.24, 2.45) is 0 Å². The van der Waals surface area contributed by atoms with E-state index in [2.05, 4.69) is 42.9 Å². The van der Waals surface area contributed by atoms with Crippen LogP contribution in [0.25, 0.3) is 10.6 Å². The van der Waals surface area contributed by atoms with Gasteiger partial charge in [-0.2, -0.15) is 0 Å². The van der Waals surface area contributed by atoms with Crippen molar-refractivity contribution in [1.29, 1.82) is 0 Å². The molecule has 7 heteroatoms. The van der Waals surface area contributed by atoms with Crippen LogP contribution >= 0.6 is 27.3 Å². The van der Waals surface area contributed by atoms with E-state index in [-0.39, 0.29) is 5.82 Å². The quantitative estimate of drug-likeness (QED) is 0.777. The van der Waals surface area contributed by atoms with Crippen molar-refractivity contribution >= 4 is 32.4 Å². The first-order chi connectivity index (χ1) is 11.2. The monoisotopic (exact) mass is 398 g/mol. The number of rotatable bonds is 4. The molecule has 0 radical (unpaired) electrons. The highest BCUT2D eigenvalue weighted by molar-refractivity contribution is 9.10. The molecule has 1 aliphatic rings. The highest BCUT2D eigenvalue weighted by atomic mass is 79.9. The number of hydrogen-bond acceptors (Lipinski definition) is 5. The molecule has 0 N–H and O–H groups in total. The van der Waals surface area contributed by atoms with Crippen LogP contribution in [0.2, 0.25) is 0 Å². The predicted octanol–water partition coefficient (Wildman–Crippen LogP) is 4.03. The lowest BCUT2D eigenvalue weighted by Crippen LogP contribution is -2.31. The van der Waals surface area contributed by atoms with Gasteiger partial charge in [-0.25, -0.2) is 4.39 Å². The molecule has 0 aliphatic carbocycles. The molecule has 0 spiro atoms. The first-order valence-corrected chi connectivity index (χ1v) is 9.54. The van der Waals surface area contributed by atoms with Crippen molar-refractivity contribution in [3.05, 3.63) is 28.5 Å². The van der Waals surface area contributed by atoms with Crippen LogP contribution in [0.5, 0.6) is 0 Å². The van der Waals surface area contributed by atoms with Crippen LogP contribution in [0, 0.1) is 5.82 Å². The summed E-state index contributed by atoms with van der Waals surface area (Å²) in [6.45, 7) is 7.49. The van der Waals surface area contributed by atoms with Crippen molar-refractivity contribution < 1.29 is 4.39 Å². The fourth-order valence-electron chi connectivity index (χ4n) is 2.82. The maximum absolute atomic E-state index is 14.0. The first-order valence-electron chi connectivity index (χ1n) is 7.93. The van der Waals surface area contributed by atoms with E-state index >= 15 is 0 Å². The fraction of sp³-hybridized carbons (Fsp3) is 0.500. The number of aromatic nitrogens is 2. The Morgan fingerprint density at radius 2 is 2.09 bits per heavy atom. The molecule has 1 saturated heterocycles. The Balaban J connectivity index is 1.75. The maximum atomic E-state index is 14.0. The lowest BCUT2D eigenvalue weighted by molar-refractivity contribution is 0.294. The lowest BCUT2D eigenvalue weighted by Gasteiger charge is -2.20. The fourth-order valence-corrected chi connectivity index (χ4v) is 4.09. The zero-order valence-electron chi connectivity index (χ0n) is 13.1. The summed E-state index contributed by atoms with van der Waals surface area (Å²) in [5, 5.41) is 10.0. The number of nitrogens with zero attached hydrogens (tertiary/aromatic N) is 4. The normalized spacial score (nSPS) is 16.6. The third-order valence-corrected chi connectivity index (χ3v) is 5.48. The number of hydrogen-bond donors (Lipinski definition) is 0. The molecule has 1 aliphatic heterocycles. The van der Waals surface area contributed by atoms with Crippen LogP contribution in [0.15, 0.2) is 22.7 Å². The molecule has 0 amide bonds. The molecular formula is C16H20BrFN4S. The highest BCUT2D eigenvalue weighted by Gasteiger charge is 2.19. The van der Waals surface area contributed by atoms with E-state index in [1.807, 2.05) is 0 Å². The molecule has 1 aromatic heterocycles. The third-order valence-electron chi connectivity index (χ3n) is 3.97. The lowest BCUT2D eigenvalue weighted by atomic mass is 10.2. The largest absolute Gasteiger partial charge is 0.345 e. The van der Waals surface area contributed by atoms with Gasteiger partial charge in [-0.05, 0) is 44.1 Å². The van der Waals surface area contributed by atoms with E-state index in [1.165, 1.54) is 23.8 Å². The maximum Gasteiger partial charge on any atom is 0.208 e. The topological polar surface area (TPSA) is 32.3 Å². The Morgan fingerprint density at radius 1 is 1.22 bits per heavy atom. The van der Waals surface area contributed by atoms with E-state index in [9.17, 15) is 4.39 Å². The summed E-state index contributed by atoms with van der Waals surface area (Å²) in [5.41, 5.74) is 0.505. The summed E-state index contributed by atoms with van der Waals surface area (Å²) >= 11 is 4.85. The van der Waals surface area contributed by atoms with Gasteiger partial charge in [-0.15, -0.1) is 10.2 Å². The zero-order chi connectivity index (χ0) is 16.2. The molecular weight excluding hydrogens is 379 g/mol. The molecule has 2 aromatic rings. The smallest absolute Gasteiger partial charge is 0.208 e. The summed E-state index contributed by atoms with van der Waals surface area (Å²) in [6.07, 6.45) is 2.31. The van der Waals surface area contributed by atoms with Gasteiger partial charge in [-0.3, -0.25) is 0 Å². The SMILES string of the molecule is CCCN1CCCN(c2nnc(-c3cc(Br)ccc3F)s2)CC1. The van der Waals surface area contributed by atoms with Crippen molar-refractivity contribution in [2.45, 2.75) is 19.8 Å². The first kappa shape index (κ1) is 16.8. The number of benzene rings is 1. The summed E-state index contributed by atoms with van der Waals surface area (Å²) < 4.78 is 14.8. The Hall–Kier alpha value is -1.05. The molecule has 0 unspecified atom stereocenters. The minimum Gasteiger partial charge on any atom is -0.345 e. The second kappa shape index (κ2) is 7.68. The van der Waals surface area contributed by atoms with Crippen LogP contribution in [-0.4, -0.2) is 47.8 Å². The van der Waals surface area contributed by atoms with E-state index in [0.29, 0.717) is 10.6 Å². The Labute approximate surface area is 148 Å². The van der Waals surface area contributed by atoms with Gasteiger partial charge in [0.2, 0.25) is 5.13 Å². The molecule has 0 saturated carbocycles. The molecule has 1 aromatic carbocycles. The average molecular weight is 399 g/mol. The summed E-state index contributed by atoms with van der Waals surface area (Å²) in [6, 6.07) is 4.90. The Kier molecular flexibility index (Phi) is 5.61. The van der Waals surface area contributed by atoms with Gasteiger partial charge in [0.1, 0.15) is 5.82 Å². The molecule has 1 fully saturated rings. The van der Waals surface area contributed by atoms with Gasteiger partial charge in [0.15, 0.2) is 5.01 Å². The molecule has 124 valence electrons. The minimum atomic E-state index is -0.263. The number of halogens is 2. The van der Waals surface area contributed by atoms with Gasteiger partial charge in [0.05, 0.1) is 0 Å². The standard InChI is InChI=1S/C16H20BrFN4S/c1-2-6-21-7-3-8-22(10-9-21)16-20-19-15(23-16)13-11-12(17)4-5-14(13)18/h4-5,11H,2-3,6-10H2,1H3. The summed E-state index contributed by atoms with van der Waals surface area (Å²) in [5.74, 6) is -0.263. The van der Waals surface area contributed by atoms with Gasteiger partial charge >= 0.3 is 0 Å². The van der Waals surface area contributed by atoms with Gasteiger partial charge in [-0.1, -0.05) is 34.2 Å². The van der Waals surface area contributed by atoms with Crippen LogP contribution in [0.3, 0.4) is 0 Å². The van der Waals surface area contributed by atoms with Crippen molar-refractivity contribution in [3.63, 3.8) is 0 Å². The van der Waals surface area contributed by atoms with Crippen LogP contribution in [-0.2, 0) is 0 Å². The van der Waals surface area contributed by atoms with Crippen LogP contribution in [0.4, 0.5) is 9.52 Å². The van der Waals surface area contributed by atoms with Crippen molar-refractivity contribution in [2.75, 3.05) is 37.6 Å². The third kappa shape index (κ3) is 4.08. The van der Waals surface area contributed by atoms with E-state index in [0.717, 1.165) is 48.7 Å². The van der Waals surface area contributed by atoms with Gasteiger partial charge in [0.25, 0.3) is 0 Å². The molecule has 23 heavy (non-hydrogen) atoms. The van der Waals surface area contributed by atoms with Crippen LogP contribution < -0.4 is 4.90 Å². The zero-order valence-corrected chi connectivity index (χ0v) is 15.5. The molecule has 0 atom stereocenters. The molecule has 0 bridgehead atoms. The Bertz CT molecular complexity index is 663. The van der Waals surface area contributed by atoms with E-state index in [4.69, 9.17) is 0 Å². The Morgan fingerprint density at radius 3 is 2.91 bits per heavy atom. The van der Waals surface area contributed by atoms with Gasteiger partial charge < -0.3 is 9.80 Å². The minimum absolute atomic E-state index is 0.263. The number of anilines is 1. The highest BCUT2D eigenvalue weighted by Crippen LogP contribution is 2.32. The molecule has 4 nitrogen and oxygen atoms in total. The van der Waals surface area contributed by atoms with Gasteiger partial charge in [0, 0.05) is 29.7 Å². The summed E-state index contributed by atoms with van der Waals surface area (Å²) in [4.78, 5) is 4.77. The average Bonchev–Trinajstić information content (AvgIpc) is 2.91. The predicted molar refractivity (Wildman–Crippen MR) is 96.6 cm³/mol. The van der Waals surface area contributed by atoms with E-state index < -0.39 is 0 Å². The second-order valence-corrected chi connectivity index (χ2v) is 7.57. The van der Waals surface area contributed by atoms with E-state index in [1.54, 1.807) is 12.1 Å². The second-order valence-electron chi connectivity index (χ2n) is 5.70. The van der Waals surface area contributed by atoms with Crippen molar-refractivity contribution in [1.82, 2.24) is 15.1 Å². The summed E-state index contributed by atoms with van der Waals surface area (Å²) in [7, 11) is 0. The molecule has 3 rings (SSSR count). The van der Waals surface area contributed by atoms with Crippen LogP contribution in [0.1, 0.15) is 19.8 Å². The van der Waals surface area contributed by atoms with Crippen molar-refractivity contribution in [3.8, 4) is 10.6 Å². The molecule has 2 heterocycles.